The lowest BCUT2D eigenvalue weighted by Gasteiger charge is -2.20. The molecule has 0 bridgehead atoms. The zero-order valence-electron chi connectivity index (χ0n) is 22.0. The normalized spacial score (nSPS) is 14.4. The van der Waals surface area contributed by atoms with E-state index in [2.05, 4.69) is 27.5 Å². The number of methoxy groups -OCH3 is 1. The van der Waals surface area contributed by atoms with Crippen LogP contribution in [0.3, 0.4) is 0 Å². The summed E-state index contributed by atoms with van der Waals surface area (Å²) in [5.41, 5.74) is 6.25. The molecule has 0 amide bonds. The van der Waals surface area contributed by atoms with Gasteiger partial charge in [0.15, 0.2) is 5.82 Å². The van der Waals surface area contributed by atoms with Crippen LogP contribution in [0.1, 0.15) is 61.6 Å². The van der Waals surface area contributed by atoms with Crippen LogP contribution in [0.5, 0.6) is 5.75 Å². The second-order valence-electron chi connectivity index (χ2n) is 9.51. The van der Waals surface area contributed by atoms with Crippen molar-refractivity contribution in [2.45, 2.75) is 45.8 Å². The standard InChI is InChI=1S/C28H31N5O4/c1-18-31-32-27-23(17-25(34)37-28(2,3)4)30-26(22-16-21(35-5)13-14-24(22)33(18)27)20-11-9-19(10-12-20)8-7-15-29-36-6/h9-14,16,23,29H,15,17H2,1-6H3/t23-/m0/s1. The molecule has 0 saturated heterocycles. The third-order valence-corrected chi connectivity index (χ3v) is 5.61. The van der Waals surface area contributed by atoms with Gasteiger partial charge in [-0.25, -0.2) is 0 Å². The summed E-state index contributed by atoms with van der Waals surface area (Å²) >= 11 is 0. The van der Waals surface area contributed by atoms with E-state index in [0.717, 1.165) is 22.4 Å². The van der Waals surface area contributed by atoms with Crippen molar-refractivity contribution >= 4 is 11.7 Å². The topological polar surface area (TPSA) is 99.9 Å². The summed E-state index contributed by atoms with van der Waals surface area (Å²) in [6, 6.07) is 13.0. The SMILES string of the molecule is CONCC#Cc1ccc(C2=N[C@@H](CC(=O)OC(C)(C)C)c3nnc(C)n3-c3ccc(OC)cc32)cc1. The molecule has 0 unspecified atom stereocenters. The monoisotopic (exact) mass is 501 g/mol. The Morgan fingerprint density at radius 2 is 1.86 bits per heavy atom. The molecule has 1 atom stereocenters. The fourth-order valence-electron chi connectivity index (χ4n) is 4.08. The van der Waals surface area contributed by atoms with Crippen molar-refractivity contribution in [2.24, 2.45) is 4.99 Å². The van der Waals surface area contributed by atoms with Crippen molar-refractivity contribution in [2.75, 3.05) is 20.8 Å². The van der Waals surface area contributed by atoms with Crippen LogP contribution in [0.25, 0.3) is 5.69 Å². The van der Waals surface area contributed by atoms with E-state index in [1.165, 1.54) is 0 Å². The lowest BCUT2D eigenvalue weighted by atomic mass is 9.99. The van der Waals surface area contributed by atoms with Crippen molar-refractivity contribution in [3.8, 4) is 23.3 Å². The molecule has 0 fully saturated rings. The summed E-state index contributed by atoms with van der Waals surface area (Å²) in [4.78, 5) is 22.8. The third kappa shape index (κ3) is 6.05. The number of nitrogens with zero attached hydrogens (tertiary/aromatic N) is 4. The number of hydroxylamine groups is 1. The number of rotatable bonds is 6. The molecule has 192 valence electrons. The van der Waals surface area contributed by atoms with Crippen LogP contribution in [-0.4, -0.2) is 52.8 Å². The maximum Gasteiger partial charge on any atom is 0.308 e. The Morgan fingerprint density at radius 3 is 2.54 bits per heavy atom. The van der Waals surface area contributed by atoms with Gasteiger partial charge < -0.3 is 14.3 Å². The van der Waals surface area contributed by atoms with Gasteiger partial charge in [-0.15, -0.1) is 10.2 Å². The predicted molar refractivity (Wildman–Crippen MR) is 140 cm³/mol. The highest BCUT2D eigenvalue weighted by Crippen LogP contribution is 2.34. The van der Waals surface area contributed by atoms with Crippen LogP contribution in [0, 0.1) is 18.8 Å². The van der Waals surface area contributed by atoms with Gasteiger partial charge >= 0.3 is 5.97 Å². The van der Waals surface area contributed by atoms with Crippen molar-refractivity contribution in [3.05, 3.63) is 70.8 Å². The minimum absolute atomic E-state index is 0.0279. The van der Waals surface area contributed by atoms with Gasteiger partial charge in [0.25, 0.3) is 0 Å². The Morgan fingerprint density at radius 1 is 1.11 bits per heavy atom. The summed E-state index contributed by atoms with van der Waals surface area (Å²) in [6.45, 7) is 7.83. The van der Waals surface area contributed by atoms with E-state index < -0.39 is 11.6 Å². The highest BCUT2D eigenvalue weighted by molar-refractivity contribution is 6.15. The number of aliphatic imine (C=N–C) groups is 1. The first kappa shape index (κ1) is 26.1. The fourth-order valence-corrected chi connectivity index (χ4v) is 4.08. The molecule has 1 aromatic heterocycles. The summed E-state index contributed by atoms with van der Waals surface area (Å²) in [7, 11) is 3.18. The summed E-state index contributed by atoms with van der Waals surface area (Å²) < 4.78 is 13.1. The minimum atomic E-state index is -0.607. The van der Waals surface area contributed by atoms with E-state index in [0.29, 0.717) is 29.7 Å². The summed E-state index contributed by atoms with van der Waals surface area (Å²) in [5, 5.41) is 8.71. The Labute approximate surface area is 216 Å². The molecule has 1 N–H and O–H groups in total. The van der Waals surface area contributed by atoms with Crippen LogP contribution in [0.15, 0.2) is 47.5 Å². The lowest BCUT2D eigenvalue weighted by molar-refractivity contribution is -0.155. The molecular formula is C28H31N5O4. The van der Waals surface area contributed by atoms with E-state index in [1.54, 1.807) is 14.2 Å². The van der Waals surface area contributed by atoms with Crippen molar-refractivity contribution in [3.63, 3.8) is 0 Å². The maximum absolute atomic E-state index is 12.9. The highest BCUT2D eigenvalue weighted by Gasteiger charge is 2.31. The average Bonchev–Trinajstić information content (AvgIpc) is 3.18. The number of benzene rings is 2. The molecule has 0 saturated carbocycles. The molecule has 3 aromatic rings. The maximum atomic E-state index is 12.9. The fraction of sp³-hybridized carbons (Fsp3) is 0.357. The van der Waals surface area contributed by atoms with E-state index in [1.807, 2.05) is 74.7 Å². The van der Waals surface area contributed by atoms with Gasteiger partial charge in [-0.1, -0.05) is 24.0 Å². The van der Waals surface area contributed by atoms with Crippen molar-refractivity contribution < 1.29 is 19.1 Å². The summed E-state index contributed by atoms with van der Waals surface area (Å²) in [6.07, 6.45) is 0.0279. The first-order valence-electron chi connectivity index (χ1n) is 12.0. The largest absolute Gasteiger partial charge is 0.497 e. The molecule has 4 rings (SSSR count). The quantitative estimate of drug-likeness (QED) is 0.238. The van der Waals surface area contributed by atoms with Gasteiger partial charge in [0, 0.05) is 16.7 Å². The Kier molecular flexibility index (Phi) is 7.71. The molecule has 9 heteroatoms. The van der Waals surface area contributed by atoms with Gasteiger partial charge in [0.1, 0.15) is 23.2 Å². The van der Waals surface area contributed by atoms with Gasteiger partial charge in [-0.2, -0.15) is 5.48 Å². The predicted octanol–water partition coefficient (Wildman–Crippen LogP) is 3.71. The molecule has 2 heterocycles. The first-order valence-corrected chi connectivity index (χ1v) is 12.0. The first-order chi connectivity index (χ1) is 17.7. The van der Waals surface area contributed by atoms with Gasteiger partial charge in [-0.05, 0) is 58.0 Å². The molecule has 9 nitrogen and oxygen atoms in total. The number of hydrogen-bond donors (Lipinski definition) is 1. The second-order valence-corrected chi connectivity index (χ2v) is 9.51. The minimum Gasteiger partial charge on any atom is -0.497 e. The molecule has 0 aliphatic carbocycles. The number of ether oxygens (including phenoxy) is 2. The number of nitrogens with one attached hydrogen (secondary N) is 1. The molecule has 1 aliphatic rings. The van der Waals surface area contributed by atoms with E-state index in [-0.39, 0.29) is 12.4 Å². The second kappa shape index (κ2) is 10.9. The average molecular weight is 502 g/mol. The Bertz CT molecular complexity index is 1370. The molecule has 0 radical (unpaired) electrons. The Hall–Kier alpha value is -4.00. The van der Waals surface area contributed by atoms with Crippen LogP contribution < -0.4 is 10.2 Å². The number of carbonyl (C=O) groups is 1. The van der Waals surface area contributed by atoms with E-state index in [4.69, 9.17) is 19.3 Å². The number of aromatic nitrogens is 3. The number of esters is 1. The Balaban J connectivity index is 1.82. The zero-order chi connectivity index (χ0) is 26.6. The number of hydrogen-bond acceptors (Lipinski definition) is 8. The lowest BCUT2D eigenvalue weighted by Crippen LogP contribution is -2.25. The van der Waals surface area contributed by atoms with Gasteiger partial charge in [0.2, 0.25) is 0 Å². The van der Waals surface area contributed by atoms with Crippen molar-refractivity contribution in [1.29, 1.82) is 0 Å². The smallest absolute Gasteiger partial charge is 0.308 e. The van der Waals surface area contributed by atoms with Crippen LogP contribution in [0.4, 0.5) is 0 Å². The van der Waals surface area contributed by atoms with E-state index >= 15 is 0 Å². The van der Waals surface area contributed by atoms with Crippen LogP contribution in [0.2, 0.25) is 0 Å². The summed E-state index contributed by atoms with van der Waals surface area (Å²) in [5.74, 6) is 7.71. The zero-order valence-corrected chi connectivity index (χ0v) is 22.0. The molecule has 2 aromatic carbocycles. The van der Waals surface area contributed by atoms with Gasteiger partial charge in [-0.3, -0.25) is 14.4 Å². The molecule has 0 spiro atoms. The van der Waals surface area contributed by atoms with Crippen LogP contribution >= 0.6 is 0 Å². The van der Waals surface area contributed by atoms with Crippen molar-refractivity contribution in [1.82, 2.24) is 20.2 Å². The number of carbonyl (C=O) groups excluding carboxylic acids is 1. The molecule has 37 heavy (non-hydrogen) atoms. The molecule has 1 aliphatic heterocycles. The highest BCUT2D eigenvalue weighted by atomic mass is 16.6. The van der Waals surface area contributed by atoms with Gasteiger partial charge in [0.05, 0.1) is 38.6 Å². The van der Waals surface area contributed by atoms with Crippen LogP contribution in [-0.2, 0) is 14.4 Å². The number of fused-ring (bicyclic) bond motifs is 3. The van der Waals surface area contributed by atoms with E-state index in [9.17, 15) is 4.79 Å². The molecular weight excluding hydrogens is 470 g/mol. The number of aryl methyl sites for hydroxylation is 1. The third-order valence-electron chi connectivity index (χ3n) is 5.61.